The van der Waals surface area contributed by atoms with Crippen molar-refractivity contribution >= 4 is 62.2 Å². The number of likely N-dealkylation sites (N-methyl/N-ethyl adjacent to an activating group) is 2. The van der Waals surface area contributed by atoms with Crippen molar-refractivity contribution in [3.63, 3.8) is 0 Å². The molecule has 6 rings (SSSR count). The Morgan fingerprint density at radius 3 is 2.31 bits per heavy atom. The van der Waals surface area contributed by atoms with Crippen LogP contribution >= 0.6 is 0 Å². The van der Waals surface area contributed by atoms with Gasteiger partial charge in [0.2, 0.25) is 12.7 Å². The van der Waals surface area contributed by atoms with E-state index in [1.54, 1.807) is 10.6 Å². The van der Waals surface area contributed by atoms with Crippen LogP contribution in [0, 0.1) is 0 Å². The topological polar surface area (TPSA) is 186 Å². The monoisotopic (exact) mass is 703 g/mol. The molecule has 0 aliphatic carbocycles. The molecule has 4 amide bonds. The number of fused-ring (bicyclic) bond motifs is 6. The number of ether oxygens (including phenoxy) is 3. The van der Waals surface area contributed by atoms with Crippen LogP contribution in [-0.4, -0.2) is 102 Å². The van der Waals surface area contributed by atoms with Gasteiger partial charge in [-0.2, -0.15) is 0 Å². The van der Waals surface area contributed by atoms with E-state index < -0.39 is 36.4 Å². The molecule has 2 aliphatic heterocycles. The minimum atomic E-state index is -0.900. The predicted octanol–water partition coefficient (Wildman–Crippen LogP) is 2.02. The number of rotatable bonds is 12. The van der Waals surface area contributed by atoms with Crippen molar-refractivity contribution in [3.05, 3.63) is 52.3 Å². The van der Waals surface area contributed by atoms with Crippen LogP contribution in [0.4, 0.5) is 4.79 Å². The van der Waals surface area contributed by atoms with Gasteiger partial charge in [0.1, 0.15) is 5.75 Å². The third kappa shape index (κ3) is 7.27. The summed E-state index contributed by atoms with van der Waals surface area (Å²) in [6.45, 7) is 0.627. The molecule has 0 bridgehead atoms. The molecule has 2 aliphatic rings. The van der Waals surface area contributed by atoms with E-state index in [-0.39, 0.29) is 56.9 Å². The lowest BCUT2D eigenvalue weighted by Crippen LogP contribution is -2.38. The molecule has 3 aromatic carbocycles. The van der Waals surface area contributed by atoms with Crippen LogP contribution in [0.25, 0.3) is 32.4 Å². The largest absolute Gasteiger partial charge is 0.454 e. The van der Waals surface area contributed by atoms with E-state index in [1.807, 2.05) is 43.3 Å². The lowest BCUT2D eigenvalue weighted by atomic mass is 9.98. The average Bonchev–Trinajstić information content (AvgIpc) is 3.70. The van der Waals surface area contributed by atoms with Crippen LogP contribution in [-0.2, 0) is 37.2 Å². The molecule has 0 saturated carbocycles. The standard InChI is InChI=1S/C35H37N5O11/c1-37(2)12-13-39-33-22(5-4-20-15-27-28(16-23(20)33)49-19-48-27)24-14-21(18-41)26(17-25(24)34(39)46)50-35(47)38(3)11-10-36-29(42)6-9-32(45)51-40-30(43)7-8-31(40)44/h4-5,14-17,41H,6-13,18-19H2,1-3H3,(H,36,42). The van der Waals surface area contributed by atoms with Crippen LogP contribution < -0.4 is 25.1 Å². The number of nitrogens with zero attached hydrogens (tertiary/aromatic N) is 4. The van der Waals surface area contributed by atoms with E-state index in [1.165, 1.54) is 18.0 Å². The highest BCUT2D eigenvalue weighted by molar-refractivity contribution is 6.16. The van der Waals surface area contributed by atoms with Crippen LogP contribution in [0.3, 0.4) is 0 Å². The Bertz CT molecular complexity index is 2130. The molecule has 3 heterocycles. The van der Waals surface area contributed by atoms with E-state index in [9.17, 15) is 33.9 Å². The van der Waals surface area contributed by atoms with Crippen molar-refractivity contribution in [2.45, 2.75) is 38.8 Å². The maximum absolute atomic E-state index is 14.2. The fourth-order valence-corrected chi connectivity index (χ4v) is 5.94. The smallest absolute Gasteiger partial charge is 0.415 e. The van der Waals surface area contributed by atoms with Gasteiger partial charge in [-0.3, -0.25) is 19.2 Å². The Morgan fingerprint density at radius 1 is 0.882 bits per heavy atom. The van der Waals surface area contributed by atoms with Crippen LogP contribution in [0.2, 0.25) is 0 Å². The van der Waals surface area contributed by atoms with E-state index >= 15 is 0 Å². The minimum Gasteiger partial charge on any atom is -0.454 e. The Kier molecular flexibility index (Phi) is 10.1. The minimum absolute atomic E-state index is 0.0131. The third-order valence-electron chi connectivity index (χ3n) is 8.70. The number of nitrogens with one attached hydrogen (secondary N) is 1. The number of aromatic nitrogens is 1. The summed E-state index contributed by atoms with van der Waals surface area (Å²) in [7, 11) is 5.28. The zero-order chi connectivity index (χ0) is 36.4. The molecular weight excluding hydrogens is 666 g/mol. The van der Waals surface area contributed by atoms with Crippen LogP contribution in [0.5, 0.6) is 17.2 Å². The number of benzene rings is 3. The summed E-state index contributed by atoms with van der Waals surface area (Å²) in [6, 6.07) is 10.7. The van der Waals surface area contributed by atoms with Crippen molar-refractivity contribution in [1.82, 2.24) is 24.7 Å². The van der Waals surface area contributed by atoms with Crippen molar-refractivity contribution in [3.8, 4) is 17.2 Å². The normalized spacial score (nSPS) is 13.9. The van der Waals surface area contributed by atoms with Crippen LogP contribution in [0.1, 0.15) is 31.2 Å². The Labute approximate surface area is 290 Å². The van der Waals surface area contributed by atoms with Gasteiger partial charge in [0, 0.05) is 68.8 Å². The average molecular weight is 704 g/mol. The Balaban J connectivity index is 1.18. The quantitative estimate of drug-likeness (QED) is 0.162. The second-order valence-electron chi connectivity index (χ2n) is 12.5. The molecular formula is C35H37N5O11. The molecule has 4 aromatic rings. The van der Waals surface area contributed by atoms with E-state index in [4.69, 9.17) is 19.0 Å². The summed E-state index contributed by atoms with van der Waals surface area (Å²) in [5.41, 5.74) is 0.693. The summed E-state index contributed by atoms with van der Waals surface area (Å²) in [5.74, 6) is -1.42. The molecule has 268 valence electrons. The summed E-state index contributed by atoms with van der Waals surface area (Å²) in [6.07, 6.45) is -1.49. The number of amides is 4. The Morgan fingerprint density at radius 2 is 1.61 bits per heavy atom. The number of carbonyl (C=O) groups is 5. The molecule has 51 heavy (non-hydrogen) atoms. The van der Waals surface area contributed by atoms with E-state index in [0.717, 1.165) is 16.2 Å². The van der Waals surface area contributed by atoms with Gasteiger partial charge in [-0.1, -0.05) is 12.1 Å². The Hall–Kier alpha value is -5.74. The van der Waals surface area contributed by atoms with Gasteiger partial charge in [-0.05, 0) is 49.1 Å². The first-order valence-corrected chi connectivity index (χ1v) is 16.3. The first-order valence-electron chi connectivity index (χ1n) is 16.3. The maximum Gasteiger partial charge on any atom is 0.415 e. The lowest BCUT2D eigenvalue weighted by molar-refractivity contribution is -0.197. The van der Waals surface area contributed by atoms with E-state index in [2.05, 4.69) is 5.32 Å². The third-order valence-corrected chi connectivity index (χ3v) is 8.70. The van der Waals surface area contributed by atoms with Gasteiger partial charge in [-0.25, -0.2) is 9.59 Å². The zero-order valence-corrected chi connectivity index (χ0v) is 28.4. The van der Waals surface area contributed by atoms with Gasteiger partial charge < -0.3 is 43.8 Å². The number of hydrogen-bond acceptors (Lipinski definition) is 12. The van der Waals surface area contributed by atoms with E-state index in [0.29, 0.717) is 51.5 Å². The van der Waals surface area contributed by atoms with Crippen molar-refractivity contribution < 1.29 is 48.1 Å². The zero-order valence-electron chi connectivity index (χ0n) is 28.4. The summed E-state index contributed by atoms with van der Waals surface area (Å²) < 4.78 is 18.6. The number of imide groups is 1. The molecule has 16 heteroatoms. The lowest BCUT2D eigenvalue weighted by Gasteiger charge is -2.20. The molecule has 0 radical (unpaired) electrons. The molecule has 0 unspecified atom stereocenters. The first-order chi connectivity index (χ1) is 24.4. The van der Waals surface area contributed by atoms with Gasteiger partial charge >= 0.3 is 12.1 Å². The van der Waals surface area contributed by atoms with Crippen molar-refractivity contribution in [2.24, 2.45) is 0 Å². The first kappa shape index (κ1) is 35.1. The summed E-state index contributed by atoms with van der Waals surface area (Å²) >= 11 is 0. The van der Waals surface area contributed by atoms with Gasteiger partial charge in [0.15, 0.2) is 11.5 Å². The molecule has 16 nitrogen and oxygen atoms in total. The van der Waals surface area contributed by atoms with Crippen molar-refractivity contribution in [1.29, 1.82) is 0 Å². The molecule has 2 N–H and O–H groups in total. The second-order valence-corrected chi connectivity index (χ2v) is 12.5. The SMILES string of the molecule is CN(C)CCn1c(=O)c2cc(OC(=O)N(C)CCNC(=O)CCC(=O)ON3C(=O)CCC3=O)c(CO)cc2c2ccc3cc4c(cc3c21)OCO4. The number of pyridine rings is 1. The summed E-state index contributed by atoms with van der Waals surface area (Å²) in [4.78, 5) is 82.6. The van der Waals surface area contributed by atoms with Gasteiger partial charge in [-0.15, -0.1) is 5.06 Å². The highest BCUT2D eigenvalue weighted by Gasteiger charge is 2.33. The fraction of sp³-hybridized carbons (Fsp3) is 0.371. The van der Waals surface area contributed by atoms with Crippen molar-refractivity contribution in [2.75, 3.05) is 47.6 Å². The molecule has 0 atom stereocenters. The highest BCUT2D eigenvalue weighted by Crippen LogP contribution is 2.40. The van der Waals surface area contributed by atoms with Gasteiger partial charge in [0.25, 0.3) is 17.4 Å². The number of aliphatic hydroxyl groups is 1. The number of hydrogen-bond donors (Lipinski definition) is 2. The number of aliphatic hydroxyl groups excluding tert-OH is 1. The molecule has 0 spiro atoms. The molecule has 1 aromatic heterocycles. The highest BCUT2D eigenvalue weighted by atomic mass is 16.7. The summed E-state index contributed by atoms with van der Waals surface area (Å²) in [5, 5.41) is 16.6. The van der Waals surface area contributed by atoms with Gasteiger partial charge in [0.05, 0.1) is 23.9 Å². The molecule has 1 fully saturated rings. The predicted molar refractivity (Wildman–Crippen MR) is 182 cm³/mol. The molecule has 1 saturated heterocycles. The maximum atomic E-state index is 14.2. The van der Waals surface area contributed by atoms with Crippen LogP contribution in [0.15, 0.2) is 41.2 Å². The fourth-order valence-electron chi connectivity index (χ4n) is 5.94. The number of carbonyl (C=O) groups excluding carboxylic acids is 5. The second kappa shape index (κ2) is 14.6. The number of hydroxylamine groups is 2.